The van der Waals surface area contributed by atoms with Gasteiger partial charge in [0.05, 0.1) is 7.11 Å². The molecule has 1 heterocycles. The van der Waals surface area contributed by atoms with E-state index in [1.807, 2.05) is 19.9 Å². The van der Waals surface area contributed by atoms with Crippen molar-refractivity contribution in [3.63, 3.8) is 0 Å². The van der Waals surface area contributed by atoms with Crippen LogP contribution in [0.3, 0.4) is 0 Å². The van der Waals surface area contributed by atoms with Gasteiger partial charge in [-0.1, -0.05) is 69.9 Å². The van der Waals surface area contributed by atoms with E-state index in [-0.39, 0.29) is 31.2 Å². The molecule has 0 saturated carbocycles. The van der Waals surface area contributed by atoms with Crippen LogP contribution in [0.4, 0.5) is 0 Å². The van der Waals surface area contributed by atoms with Gasteiger partial charge in [-0.15, -0.1) is 0 Å². The van der Waals surface area contributed by atoms with Crippen LogP contribution in [0.25, 0.3) is 0 Å². The lowest BCUT2D eigenvalue weighted by Gasteiger charge is -2.19. The van der Waals surface area contributed by atoms with E-state index in [2.05, 4.69) is 6.92 Å². The summed E-state index contributed by atoms with van der Waals surface area (Å²) in [5.74, 6) is -0.587. The lowest BCUT2D eigenvalue weighted by Crippen LogP contribution is -2.17. The second-order valence-electron chi connectivity index (χ2n) is 9.74. The van der Waals surface area contributed by atoms with Crippen LogP contribution in [0, 0.1) is 6.92 Å². The Morgan fingerprint density at radius 2 is 1.65 bits per heavy atom. The lowest BCUT2D eigenvalue weighted by atomic mass is 9.94. The molecule has 0 spiro atoms. The number of unbranched alkanes of at least 4 members (excludes halogenated alkanes) is 8. The van der Waals surface area contributed by atoms with Crippen molar-refractivity contribution in [1.29, 1.82) is 0 Å². The summed E-state index contributed by atoms with van der Waals surface area (Å²) in [4.78, 5) is 36.8. The summed E-state index contributed by atoms with van der Waals surface area (Å²) in [5.41, 5.74) is 4.89. The van der Waals surface area contributed by atoms with Crippen LogP contribution in [-0.2, 0) is 27.4 Å². The molecule has 1 aromatic rings. The number of nitrogens with one attached hydrogen (secondary N) is 1. The second-order valence-corrected chi connectivity index (χ2v) is 9.74. The molecule has 0 radical (unpaired) electrons. The van der Waals surface area contributed by atoms with Crippen molar-refractivity contribution in [1.82, 2.24) is 5.48 Å². The molecule has 0 fully saturated rings. The summed E-state index contributed by atoms with van der Waals surface area (Å²) in [6.45, 7) is 6.07. The van der Waals surface area contributed by atoms with Crippen LogP contribution in [-0.4, -0.2) is 30.2 Å². The highest BCUT2D eigenvalue weighted by molar-refractivity contribution is 5.99. The second kappa shape index (κ2) is 16.1. The number of allylic oxidation sites excluding steroid dienone is 2. The number of hydroxylamine groups is 1. The third kappa shape index (κ3) is 9.18. The first kappa shape index (κ1) is 30.4. The lowest BCUT2D eigenvalue weighted by molar-refractivity contribution is -0.134. The smallest absolute Gasteiger partial charge is 0.342 e. The Balaban J connectivity index is 2.11. The van der Waals surface area contributed by atoms with Gasteiger partial charge in [0.15, 0.2) is 5.75 Å². The van der Waals surface area contributed by atoms with E-state index < -0.39 is 11.9 Å². The van der Waals surface area contributed by atoms with Crippen LogP contribution in [0.15, 0.2) is 11.6 Å². The number of fused-ring (bicyclic) bond motifs is 1. The van der Waals surface area contributed by atoms with Crippen LogP contribution >= 0.6 is 0 Å². The van der Waals surface area contributed by atoms with Crippen LogP contribution in [0.5, 0.6) is 11.5 Å². The van der Waals surface area contributed by atoms with Crippen molar-refractivity contribution in [3.8, 4) is 11.5 Å². The predicted molar refractivity (Wildman–Crippen MR) is 141 cm³/mol. The predicted octanol–water partition coefficient (Wildman–Crippen LogP) is 6.27. The molecule has 0 aromatic heterocycles. The molecule has 1 aliphatic rings. The minimum atomic E-state index is -0.506. The summed E-state index contributed by atoms with van der Waals surface area (Å²) in [6, 6.07) is 0. The number of carbonyl (C=O) groups excluding carboxylic acids is 3. The van der Waals surface area contributed by atoms with Crippen molar-refractivity contribution < 1.29 is 33.8 Å². The minimum absolute atomic E-state index is 0.116. The third-order valence-electron chi connectivity index (χ3n) is 6.85. The van der Waals surface area contributed by atoms with Crippen molar-refractivity contribution >= 4 is 17.8 Å². The number of carbonyl (C=O) groups is 3. The zero-order chi connectivity index (χ0) is 27.2. The van der Waals surface area contributed by atoms with Crippen LogP contribution in [0.1, 0.15) is 118 Å². The molecule has 8 heteroatoms. The summed E-state index contributed by atoms with van der Waals surface area (Å²) in [6.07, 6.45) is 13.5. The number of esters is 2. The first-order valence-corrected chi connectivity index (χ1v) is 13.5. The number of ether oxygens (including phenoxy) is 3. The van der Waals surface area contributed by atoms with Gasteiger partial charge in [0, 0.05) is 24.0 Å². The van der Waals surface area contributed by atoms with Gasteiger partial charge in [-0.2, -0.15) is 0 Å². The number of methoxy groups -OCH3 is 1. The Labute approximate surface area is 220 Å². The Morgan fingerprint density at radius 3 is 2.27 bits per heavy atom. The first-order chi connectivity index (χ1) is 17.8. The van der Waals surface area contributed by atoms with Crippen LogP contribution < -0.4 is 15.0 Å². The maximum Gasteiger partial charge on any atom is 0.342 e. The Kier molecular flexibility index (Phi) is 13.2. The van der Waals surface area contributed by atoms with Crippen LogP contribution in [0.2, 0.25) is 0 Å². The maximum absolute atomic E-state index is 12.8. The molecule has 0 saturated heterocycles. The van der Waals surface area contributed by atoms with Gasteiger partial charge in [0.25, 0.3) is 0 Å². The molecule has 0 aliphatic carbocycles. The fourth-order valence-corrected chi connectivity index (χ4v) is 4.61. The summed E-state index contributed by atoms with van der Waals surface area (Å²) >= 11 is 0. The average Bonchev–Trinajstić information content (AvgIpc) is 3.28. The highest BCUT2D eigenvalue weighted by Gasteiger charge is 2.34. The van der Waals surface area contributed by atoms with E-state index in [1.54, 1.807) is 12.6 Å². The standard InChI is InChI=1S/C29H43NO7/c1-5-6-7-8-9-10-11-12-13-14-25(32)37-28-22(17-15-20(2)16-18-24(31)30-34)27(35-4)21(3)23-19-36-29(33)26(23)28/h15,34H,5-14,16-19H2,1-4H3,(H,30,31)/b20-15+. The Bertz CT molecular complexity index is 968. The molecule has 37 heavy (non-hydrogen) atoms. The first-order valence-electron chi connectivity index (χ1n) is 13.5. The SMILES string of the molecule is CCCCCCCCCCCC(=O)Oc1c(C/C=C(\C)CCC(=O)NO)c(OC)c(C)c2c1C(=O)OC2. The maximum atomic E-state index is 12.8. The molecular weight excluding hydrogens is 474 g/mol. The van der Waals surface area contributed by atoms with Crippen molar-refractivity contribution in [3.05, 3.63) is 33.9 Å². The molecule has 1 aromatic carbocycles. The number of hydrogen-bond acceptors (Lipinski definition) is 7. The van der Waals surface area contributed by atoms with Gasteiger partial charge in [-0.25, -0.2) is 10.3 Å². The summed E-state index contributed by atoms with van der Waals surface area (Å²) in [5, 5.41) is 8.71. The molecule has 8 nitrogen and oxygen atoms in total. The zero-order valence-electron chi connectivity index (χ0n) is 22.9. The van der Waals surface area contributed by atoms with E-state index in [4.69, 9.17) is 19.4 Å². The number of rotatable bonds is 17. The largest absolute Gasteiger partial charge is 0.496 e. The van der Waals surface area contributed by atoms with Gasteiger partial charge in [0.2, 0.25) is 5.91 Å². The van der Waals surface area contributed by atoms with E-state index in [0.29, 0.717) is 35.3 Å². The molecular formula is C29H43NO7. The Hall–Kier alpha value is -2.87. The number of benzene rings is 1. The fourth-order valence-electron chi connectivity index (χ4n) is 4.61. The van der Waals surface area contributed by atoms with Crippen molar-refractivity contribution in [2.45, 2.75) is 111 Å². The molecule has 206 valence electrons. The highest BCUT2D eigenvalue weighted by Crippen LogP contribution is 2.43. The van der Waals surface area contributed by atoms with Gasteiger partial charge >= 0.3 is 11.9 Å². The monoisotopic (exact) mass is 517 g/mol. The Morgan fingerprint density at radius 1 is 1.00 bits per heavy atom. The summed E-state index contributed by atoms with van der Waals surface area (Å²) in [7, 11) is 1.55. The van der Waals surface area contributed by atoms with Gasteiger partial charge in [-0.3, -0.25) is 14.8 Å². The summed E-state index contributed by atoms with van der Waals surface area (Å²) < 4.78 is 16.8. The quantitative estimate of drug-likeness (QED) is 0.0625. The molecule has 0 atom stereocenters. The molecule has 2 N–H and O–H groups in total. The normalized spacial score (nSPS) is 12.8. The molecule has 1 aliphatic heterocycles. The van der Waals surface area contributed by atoms with Gasteiger partial charge < -0.3 is 14.2 Å². The van der Waals surface area contributed by atoms with E-state index in [0.717, 1.165) is 30.4 Å². The number of cyclic esters (lactones) is 1. The average molecular weight is 518 g/mol. The zero-order valence-corrected chi connectivity index (χ0v) is 22.9. The fraction of sp³-hybridized carbons (Fsp3) is 0.621. The topological polar surface area (TPSA) is 111 Å². The molecule has 2 rings (SSSR count). The minimum Gasteiger partial charge on any atom is -0.496 e. The van der Waals surface area contributed by atoms with E-state index >= 15 is 0 Å². The number of amides is 1. The molecule has 0 unspecified atom stereocenters. The third-order valence-corrected chi connectivity index (χ3v) is 6.85. The molecule has 0 bridgehead atoms. The van der Waals surface area contributed by atoms with Gasteiger partial charge in [0.1, 0.15) is 17.9 Å². The number of hydrogen-bond donors (Lipinski definition) is 2. The van der Waals surface area contributed by atoms with Crippen molar-refractivity contribution in [2.24, 2.45) is 0 Å². The van der Waals surface area contributed by atoms with E-state index in [1.165, 1.54) is 38.5 Å². The molecule has 1 amide bonds. The van der Waals surface area contributed by atoms with Gasteiger partial charge in [-0.05, 0) is 38.7 Å². The van der Waals surface area contributed by atoms with E-state index in [9.17, 15) is 14.4 Å². The van der Waals surface area contributed by atoms with Crippen molar-refractivity contribution in [2.75, 3.05) is 7.11 Å². The highest BCUT2D eigenvalue weighted by atomic mass is 16.6.